The van der Waals surface area contributed by atoms with Crippen molar-refractivity contribution in [2.75, 3.05) is 26.2 Å². The fraction of sp³-hybridized carbons (Fsp3) is 0.722. The molecule has 1 aliphatic heterocycles. The van der Waals surface area contributed by atoms with Crippen LogP contribution in [0.4, 0.5) is 0 Å². The maximum atomic E-state index is 12.5. The van der Waals surface area contributed by atoms with Gasteiger partial charge in [-0.1, -0.05) is 13.8 Å². The molecule has 0 bridgehead atoms. The van der Waals surface area contributed by atoms with E-state index in [1.165, 1.54) is 0 Å². The van der Waals surface area contributed by atoms with Crippen LogP contribution in [-0.4, -0.2) is 58.2 Å². The zero-order valence-electron chi connectivity index (χ0n) is 16.0. The summed E-state index contributed by atoms with van der Waals surface area (Å²) in [6.45, 7) is 10.6. The summed E-state index contributed by atoms with van der Waals surface area (Å²) in [5, 5.41) is 12.1. The lowest BCUT2D eigenvalue weighted by molar-refractivity contribution is -0.121. The molecule has 2 atom stereocenters. The van der Waals surface area contributed by atoms with Gasteiger partial charge in [0.2, 0.25) is 5.91 Å². The molecule has 1 saturated heterocycles. The van der Waals surface area contributed by atoms with Gasteiger partial charge in [-0.25, -0.2) is 4.98 Å². The van der Waals surface area contributed by atoms with Crippen LogP contribution in [0.2, 0.25) is 0 Å². The number of hydrogen-bond donors (Lipinski definition) is 3. The molecule has 0 unspecified atom stereocenters. The first kappa shape index (κ1) is 22.6. The average molecular weight is 387 g/mol. The second kappa shape index (κ2) is 10.0. The number of aromatic nitrogens is 2. The summed E-state index contributed by atoms with van der Waals surface area (Å²) in [6.07, 6.45) is 0.793. The van der Waals surface area contributed by atoms with Gasteiger partial charge in [0.1, 0.15) is 5.82 Å². The maximum Gasteiger partial charge on any atom is 0.254 e. The molecule has 8 heteroatoms. The predicted octanol–water partition coefficient (Wildman–Crippen LogP) is 0.806. The number of carbonyl (C=O) groups excluding carboxylic acids is 1. The van der Waals surface area contributed by atoms with E-state index < -0.39 is 0 Å². The van der Waals surface area contributed by atoms with Gasteiger partial charge >= 0.3 is 0 Å². The van der Waals surface area contributed by atoms with Crippen LogP contribution in [0.25, 0.3) is 0 Å². The number of nitrogens with one attached hydrogen (secondary N) is 2. The van der Waals surface area contributed by atoms with Gasteiger partial charge in [0, 0.05) is 43.5 Å². The number of aryl methyl sites for hydroxylation is 2. The van der Waals surface area contributed by atoms with Crippen LogP contribution in [0, 0.1) is 25.7 Å². The number of aromatic amines is 1. The predicted molar refractivity (Wildman–Crippen MR) is 104 cm³/mol. The minimum absolute atomic E-state index is 0. The Bertz CT molecular complexity index is 662. The van der Waals surface area contributed by atoms with E-state index in [0.29, 0.717) is 28.9 Å². The Kier molecular flexibility index (Phi) is 8.73. The van der Waals surface area contributed by atoms with Crippen molar-refractivity contribution in [1.82, 2.24) is 20.2 Å². The Morgan fingerprint density at radius 1 is 1.38 bits per heavy atom. The third kappa shape index (κ3) is 5.79. The summed E-state index contributed by atoms with van der Waals surface area (Å²) in [7, 11) is 0. The molecule has 1 amide bonds. The van der Waals surface area contributed by atoms with Gasteiger partial charge in [-0.2, -0.15) is 0 Å². The van der Waals surface area contributed by atoms with E-state index in [4.69, 9.17) is 5.11 Å². The lowest BCUT2D eigenvalue weighted by atomic mass is 9.91. The highest BCUT2D eigenvalue weighted by atomic mass is 35.5. The number of aliphatic hydroxyl groups is 1. The molecule has 148 valence electrons. The number of H-pyrrole nitrogens is 1. The first-order chi connectivity index (χ1) is 11.8. The molecular formula is C18H31ClN4O3. The highest BCUT2D eigenvalue weighted by Gasteiger charge is 2.35. The highest BCUT2D eigenvalue weighted by Crippen LogP contribution is 2.24. The standard InChI is InChI=1S/C18H30N4O3.ClH/c1-11(2)15-9-22(6-5-7-23)10-16(15)21-17(24)8-14-12(3)19-13(4)20-18(14)25;/h11,15-16,23H,5-10H2,1-4H3,(H,21,24)(H,19,20,25);1H/t15-,16+;/m1./s1. The summed E-state index contributed by atoms with van der Waals surface area (Å²) in [5.74, 6) is 1.24. The van der Waals surface area contributed by atoms with E-state index in [9.17, 15) is 9.59 Å². The summed E-state index contributed by atoms with van der Waals surface area (Å²) in [4.78, 5) is 33.8. The lowest BCUT2D eigenvalue weighted by Gasteiger charge is -2.23. The summed E-state index contributed by atoms with van der Waals surface area (Å²) in [5.41, 5.74) is 0.795. The third-order valence-corrected chi connectivity index (χ3v) is 4.95. The topological polar surface area (TPSA) is 98.3 Å². The van der Waals surface area contributed by atoms with Gasteiger partial charge in [-0.3, -0.25) is 9.59 Å². The number of halogens is 1. The monoisotopic (exact) mass is 386 g/mol. The summed E-state index contributed by atoms with van der Waals surface area (Å²) in [6, 6.07) is 0.0731. The van der Waals surface area contributed by atoms with Crippen LogP contribution in [0.5, 0.6) is 0 Å². The van der Waals surface area contributed by atoms with Crippen molar-refractivity contribution in [2.24, 2.45) is 11.8 Å². The molecule has 0 radical (unpaired) electrons. The quantitative estimate of drug-likeness (QED) is 0.644. The number of hydrogen-bond acceptors (Lipinski definition) is 5. The second-order valence-electron chi connectivity index (χ2n) is 7.31. The largest absolute Gasteiger partial charge is 0.396 e. The van der Waals surface area contributed by atoms with Crippen LogP contribution in [-0.2, 0) is 11.2 Å². The van der Waals surface area contributed by atoms with Crippen molar-refractivity contribution < 1.29 is 9.90 Å². The first-order valence-corrected chi connectivity index (χ1v) is 9.00. The van der Waals surface area contributed by atoms with Crippen LogP contribution in [0.15, 0.2) is 4.79 Å². The SMILES string of the molecule is Cc1nc(C)c(CC(=O)N[C@H]2CN(CCCO)C[C@@H]2C(C)C)c(=O)[nH]1.Cl. The van der Waals surface area contributed by atoms with Gasteiger partial charge in [-0.05, 0) is 32.1 Å². The lowest BCUT2D eigenvalue weighted by Crippen LogP contribution is -2.43. The molecular weight excluding hydrogens is 356 g/mol. The second-order valence-corrected chi connectivity index (χ2v) is 7.31. The van der Waals surface area contributed by atoms with Gasteiger partial charge in [-0.15, -0.1) is 12.4 Å². The Labute approximate surface area is 161 Å². The molecule has 1 fully saturated rings. The molecule has 7 nitrogen and oxygen atoms in total. The van der Waals surface area contributed by atoms with Gasteiger partial charge in [0.05, 0.1) is 6.42 Å². The van der Waals surface area contributed by atoms with Crippen molar-refractivity contribution in [3.63, 3.8) is 0 Å². The summed E-state index contributed by atoms with van der Waals surface area (Å²) < 4.78 is 0. The van der Waals surface area contributed by atoms with Crippen molar-refractivity contribution in [3.8, 4) is 0 Å². The molecule has 0 spiro atoms. The third-order valence-electron chi connectivity index (χ3n) is 4.95. The van der Waals surface area contributed by atoms with E-state index in [2.05, 4.69) is 34.0 Å². The number of amides is 1. The van der Waals surface area contributed by atoms with Crippen molar-refractivity contribution in [1.29, 1.82) is 0 Å². The van der Waals surface area contributed by atoms with Crippen LogP contribution >= 0.6 is 12.4 Å². The zero-order valence-corrected chi connectivity index (χ0v) is 16.9. The molecule has 26 heavy (non-hydrogen) atoms. The van der Waals surface area contributed by atoms with E-state index in [0.717, 1.165) is 26.1 Å². The average Bonchev–Trinajstić information content (AvgIpc) is 2.91. The first-order valence-electron chi connectivity index (χ1n) is 9.00. The molecule has 1 aromatic rings. The fourth-order valence-corrected chi connectivity index (χ4v) is 3.60. The number of carbonyl (C=O) groups is 1. The molecule has 1 aromatic heterocycles. The number of rotatable bonds is 7. The van der Waals surface area contributed by atoms with Crippen LogP contribution in [0.1, 0.15) is 37.4 Å². The van der Waals surface area contributed by atoms with Crippen molar-refractivity contribution in [2.45, 2.75) is 46.6 Å². The Hall–Kier alpha value is -1.44. The highest BCUT2D eigenvalue weighted by molar-refractivity contribution is 5.85. The van der Waals surface area contributed by atoms with Crippen LogP contribution in [0.3, 0.4) is 0 Å². The molecule has 3 N–H and O–H groups in total. The van der Waals surface area contributed by atoms with Gasteiger partial charge in [0.15, 0.2) is 0 Å². The summed E-state index contributed by atoms with van der Waals surface area (Å²) >= 11 is 0. The van der Waals surface area contributed by atoms with Gasteiger partial charge < -0.3 is 20.3 Å². The maximum absolute atomic E-state index is 12.5. The van der Waals surface area contributed by atoms with E-state index in [-0.39, 0.29) is 42.9 Å². The minimum atomic E-state index is -0.239. The normalized spacial score (nSPS) is 20.2. The van der Waals surface area contributed by atoms with Crippen molar-refractivity contribution in [3.05, 3.63) is 27.4 Å². The fourth-order valence-electron chi connectivity index (χ4n) is 3.60. The molecule has 2 heterocycles. The Balaban J connectivity index is 0.00000338. The number of aliphatic hydroxyl groups excluding tert-OH is 1. The molecule has 0 aromatic carbocycles. The smallest absolute Gasteiger partial charge is 0.254 e. The van der Waals surface area contributed by atoms with Gasteiger partial charge in [0.25, 0.3) is 5.56 Å². The molecule has 0 saturated carbocycles. The number of nitrogens with zero attached hydrogens (tertiary/aromatic N) is 2. The molecule has 2 rings (SSSR count). The molecule has 1 aliphatic rings. The number of likely N-dealkylation sites (tertiary alicyclic amines) is 1. The molecule has 0 aliphatic carbocycles. The van der Waals surface area contributed by atoms with E-state index in [1.54, 1.807) is 13.8 Å². The Morgan fingerprint density at radius 3 is 2.65 bits per heavy atom. The van der Waals surface area contributed by atoms with Crippen LogP contribution < -0.4 is 10.9 Å². The van der Waals surface area contributed by atoms with E-state index in [1.807, 2.05) is 0 Å². The van der Waals surface area contributed by atoms with Crippen molar-refractivity contribution >= 4 is 18.3 Å². The minimum Gasteiger partial charge on any atom is -0.396 e. The Morgan fingerprint density at radius 2 is 2.08 bits per heavy atom. The van der Waals surface area contributed by atoms with E-state index >= 15 is 0 Å². The zero-order chi connectivity index (χ0) is 18.6.